The van der Waals surface area contributed by atoms with Crippen molar-refractivity contribution in [1.82, 2.24) is 0 Å². The molecule has 1 fully saturated rings. The summed E-state index contributed by atoms with van der Waals surface area (Å²) in [7, 11) is 0. The second kappa shape index (κ2) is 6.61. The molecule has 1 aliphatic heterocycles. The first-order valence-electron chi connectivity index (χ1n) is 7.81. The van der Waals surface area contributed by atoms with E-state index in [1.54, 1.807) is 0 Å². The Hall–Kier alpha value is -1.35. The highest BCUT2D eigenvalue weighted by Gasteiger charge is 2.47. The highest BCUT2D eigenvalue weighted by atomic mass is 16.5. The zero-order valence-corrected chi connectivity index (χ0v) is 13.5. The van der Waals surface area contributed by atoms with Gasteiger partial charge in [-0.05, 0) is 30.0 Å². The van der Waals surface area contributed by atoms with Crippen molar-refractivity contribution in [3.63, 3.8) is 0 Å². The monoisotopic (exact) mass is 290 g/mol. The fourth-order valence-electron chi connectivity index (χ4n) is 2.59. The molecule has 0 radical (unpaired) electrons. The Morgan fingerprint density at radius 2 is 1.81 bits per heavy atom. The van der Waals surface area contributed by atoms with E-state index in [1.165, 1.54) is 0 Å². The number of hydrogen-bond donors (Lipinski definition) is 0. The van der Waals surface area contributed by atoms with Gasteiger partial charge in [-0.3, -0.25) is 4.79 Å². The van der Waals surface area contributed by atoms with Gasteiger partial charge >= 0.3 is 0 Å². The average molecular weight is 290 g/mol. The molecule has 3 heteroatoms. The zero-order chi connectivity index (χ0) is 15.5. The average Bonchev–Trinajstić information content (AvgIpc) is 2.38. The summed E-state index contributed by atoms with van der Waals surface area (Å²) in [5.41, 5.74) is 0.605. The third-order valence-corrected chi connectivity index (χ3v) is 4.06. The van der Waals surface area contributed by atoms with Gasteiger partial charge in [0, 0.05) is 5.92 Å². The number of rotatable bonds is 7. The molecule has 1 heterocycles. The molecule has 0 saturated carbocycles. The molecule has 0 spiro atoms. The van der Waals surface area contributed by atoms with Crippen LogP contribution in [0.3, 0.4) is 0 Å². The summed E-state index contributed by atoms with van der Waals surface area (Å²) in [6, 6.07) is 7.94. The second-order valence-corrected chi connectivity index (χ2v) is 6.65. The lowest BCUT2D eigenvalue weighted by atomic mass is 9.72. The van der Waals surface area contributed by atoms with Crippen molar-refractivity contribution in [2.24, 2.45) is 11.8 Å². The van der Waals surface area contributed by atoms with Gasteiger partial charge in [0.05, 0.1) is 19.8 Å². The number of ether oxygens (including phenoxy) is 2. The summed E-state index contributed by atoms with van der Waals surface area (Å²) in [5, 5.41) is 0. The van der Waals surface area contributed by atoms with Crippen molar-refractivity contribution in [3.8, 4) is 5.75 Å². The maximum Gasteiger partial charge on any atom is 0.150 e. The molecule has 1 aromatic carbocycles. The Kier molecular flexibility index (Phi) is 5.04. The summed E-state index contributed by atoms with van der Waals surface area (Å²) < 4.78 is 11.1. The van der Waals surface area contributed by atoms with Gasteiger partial charge < -0.3 is 9.47 Å². The predicted molar refractivity (Wildman–Crippen MR) is 83.7 cm³/mol. The van der Waals surface area contributed by atoms with Crippen LogP contribution in [0, 0.1) is 11.8 Å². The van der Waals surface area contributed by atoms with Gasteiger partial charge in [0.15, 0.2) is 5.78 Å². The molecular weight excluding hydrogens is 264 g/mol. The molecule has 0 aliphatic carbocycles. The van der Waals surface area contributed by atoms with Crippen LogP contribution in [0.15, 0.2) is 24.3 Å². The van der Waals surface area contributed by atoms with Gasteiger partial charge in [-0.1, -0.05) is 39.8 Å². The van der Waals surface area contributed by atoms with Crippen LogP contribution in [-0.4, -0.2) is 25.6 Å². The van der Waals surface area contributed by atoms with Gasteiger partial charge in [0.25, 0.3) is 0 Å². The number of carbonyl (C=O) groups is 1. The molecule has 0 atom stereocenters. The molecule has 0 unspecified atom stereocenters. The minimum atomic E-state index is -0.440. The van der Waals surface area contributed by atoms with Crippen LogP contribution in [0.25, 0.3) is 0 Å². The van der Waals surface area contributed by atoms with E-state index < -0.39 is 5.41 Å². The Balaban J connectivity index is 2.05. The summed E-state index contributed by atoms with van der Waals surface area (Å²) in [6.45, 7) is 10.00. The Bertz CT molecular complexity index is 470. The van der Waals surface area contributed by atoms with E-state index >= 15 is 0 Å². The molecule has 1 aliphatic rings. The van der Waals surface area contributed by atoms with Crippen molar-refractivity contribution in [3.05, 3.63) is 29.8 Å². The standard InChI is InChI=1S/C18H26O3/c1-13(2)9-10-21-16-7-5-15(6-8-16)18(11-20-12-18)17(19)14(3)4/h5-8,13-14H,9-12H2,1-4H3. The highest BCUT2D eigenvalue weighted by Crippen LogP contribution is 2.36. The van der Waals surface area contributed by atoms with Crippen LogP contribution >= 0.6 is 0 Å². The van der Waals surface area contributed by atoms with Gasteiger partial charge in [-0.15, -0.1) is 0 Å². The van der Waals surface area contributed by atoms with Gasteiger partial charge in [-0.25, -0.2) is 0 Å². The normalized spacial score (nSPS) is 16.9. The third kappa shape index (κ3) is 3.46. The van der Waals surface area contributed by atoms with Gasteiger partial charge in [0.2, 0.25) is 0 Å². The lowest BCUT2D eigenvalue weighted by molar-refractivity contribution is -0.146. The summed E-state index contributed by atoms with van der Waals surface area (Å²) in [5.74, 6) is 1.80. The smallest absolute Gasteiger partial charge is 0.150 e. The van der Waals surface area contributed by atoms with Crippen molar-refractivity contribution in [1.29, 1.82) is 0 Å². The molecule has 3 nitrogen and oxygen atoms in total. The molecule has 1 saturated heterocycles. The first-order valence-corrected chi connectivity index (χ1v) is 7.81. The third-order valence-electron chi connectivity index (χ3n) is 4.06. The lowest BCUT2D eigenvalue weighted by Crippen LogP contribution is -2.54. The van der Waals surface area contributed by atoms with E-state index in [0.29, 0.717) is 19.1 Å². The van der Waals surface area contributed by atoms with Crippen molar-refractivity contribution >= 4 is 5.78 Å². The van der Waals surface area contributed by atoms with Crippen LogP contribution < -0.4 is 4.74 Å². The first-order chi connectivity index (χ1) is 9.95. The summed E-state index contributed by atoms with van der Waals surface area (Å²) in [4.78, 5) is 12.5. The zero-order valence-electron chi connectivity index (χ0n) is 13.5. The number of ketones is 1. The van der Waals surface area contributed by atoms with Crippen molar-refractivity contribution < 1.29 is 14.3 Å². The maximum absolute atomic E-state index is 12.5. The molecule has 2 rings (SSSR count). The Morgan fingerprint density at radius 3 is 2.24 bits per heavy atom. The highest BCUT2D eigenvalue weighted by molar-refractivity contribution is 5.92. The second-order valence-electron chi connectivity index (χ2n) is 6.65. The fourth-order valence-corrected chi connectivity index (χ4v) is 2.59. The van der Waals surface area contributed by atoms with Crippen LogP contribution in [0.4, 0.5) is 0 Å². The summed E-state index contributed by atoms with van der Waals surface area (Å²) >= 11 is 0. The van der Waals surface area contributed by atoms with Crippen molar-refractivity contribution in [2.45, 2.75) is 39.5 Å². The topological polar surface area (TPSA) is 35.5 Å². The SMILES string of the molecule is CC(C)CCOc1ccc(C2(C(=O)C(C)C)COC2)cc1. The molecule has 0 amide bonds. The number of Topliss-reactive ketones (excluding diaryl/α,β-unsaturated/α-hetero) is 1. The summed E-state index contributed by atoms with van der Waals surface area (Å²) in [6.07, 6.45) is 1.05. The van der Waals surface area contributed by atoms with Crippen LogP contribution in [0.1, 0.15) is 39.7 Å². The van der Waals surface area contributed by atoms with Crippen molar-refractivity contribution in [2.75, 3.05) is 19.8 Å². The largest absolute Gasteiger partial charge is 0.494 e. The molecule has 0 N–H and O–H groups in total. The van der Waals surface area contributed by atoms with Crippen LogP contribution in [0.2, 0.25) is 0 Å². The minimum Gasteiger partial charge on any atom is -0.494 e. The molecule has 116 valence electrons. The van der Waals surface area contributed by atoms with Gasteiger partial charge in [-0.2, -0.15) is 0 Å². The molecule has 1 aromatic rings. The number of hydrogen-bond acceptors (Lipinski definition) is 3. The van der Waals surface area contributed by atoms with E-state index in [-0.39, 0.29) is 11.7 Å². The maximum atomic E-state index is 12.5. The fraction of sp³-hybridized carbons (Fsp3) is 0.611. The molecular formula is C18H26O3. The number of carbonyl (C=O) groups excluding carboxylic acids is 1. The Morgan fingerprint density at radius 1 is 1.19 bits per heavy atom. The van der Waals surface area contributed by atoms with E-state index in [1.807, 2.05) is 38.1 Å². The predicted octanol–water partition coefficient (Wildman–Crippen LogP) is 3.60. The number of benzene rings is 1. The van der Waals surface area contributed by atoms with E-state index in [9.17, 15) is 4.79 Å². The van der Waals surface area contributed by atoms with Gasteiger partial charge in [0.1, 0.15) is 11.2 Å². The quantitative estimate of drug-likeness (QED) is 0.769. The van der Waals surface area contributed by atoms with E-state index in [2.05, 4.69) is 13.8 Å². The van der Waals surface area contributed by atoms with E-state index in [0.717, 1.165) is 24.3 Å². The minimum absolute atomic E-state index is 0.0240. The van der Waals surface area contributed by atoms with Crippen LogP contribution in [0.5, 0.6) is 5.75 Å². The van der Waals surface area contributed by atoms with Crippen LogP contribution in [-0.2, 0) is 14.9 Å². The molecule has 21 heavy (non-hydrogen) atoms. The Labute approximate surface area is 127 Å². The molecule has 0 bridgehead atoms. The first kappa shape index (κ1) is 16.0. The molecule has 0 aromatic heterocycles. The van der Waals surface area contributed by atoms with E-state index in [4.69, 9.17) is 9.47 Å². The lowest BCUT2D eigenvalue weighted by Gasteiger charge is -2.41.